The Balaban J connectivity index is 2.51. The molecule has 0 aromatic rings. The molecule has 1 aliphatic heterocycles. The first-order chi connectivity index (χ1) is 5.92. The monoisotopic (exact) mass is 185 g/mol. The van der Waals surface area contributed by atoms with Crippen LogP contribution in [0.4, 0.5) is 0 Å². The summed E-state index contributed by atoms with van der Waals surface area (Å²) < 4.78 is 5.11. The van der Waals surface area contributed by atoms with E-state index in [0.717, 1.165) is 6.42 Å². The Morgan fingerprint density at radius 1 is 1.62 bits per heavy atom. The second-order valence-electron chi connectivity index (χ2n) is 4.69. The molecule has 1 atom stereocenters. The number of ether oxygens (including phenoxy) is 1. The van der Waals surface area contributed by atoms with Gasteiger partial charge in [-0.1, -0.05) is 13.8 Å². The third-order valence-electron chi connectivity index (χ3n) is 2.25. The lowest BCUT2D eigenvalue weighted by Gasteiger charge is -2.35. The van der Waals surface area contributed by atoms with E-state index < -0.39 is 5.54 Å². The van der Waals surface area contributed by atoms with E-state index in [1.165, 1.54) is 0 Å². The Bertz CT molecular complexity index is 199. The van der Waals surface area contributed by atoms with Crippen molar-refractivity contribution in [3.8, 4) is 0 Å². The zero-order chi connectivity index (χ0) is 10.1. The molecule has 0 bridgehead atoms. The van der Waals surface area contributed by atoms with Gasteiger partial charge in [0, 0.05) is 6.04 Å². The first-order valence-electron chi connectivity index (χ1n) is 4.87. The van der Waals surface area contributed by atoms with Gasteiger partial charge in [0.2, 0.25) is 0 Å². The molecule has 1 heterocycles. The normalized spacial score (nSPS) is 27.5. The van der Waals surface area contributed by atoms with Crippen LogP contribution in [0.15, 0.2) is 0 Å². The van der Waals surface area contributed by atoms with Gasteiger partial charge in [0.25, 0.3) is 0 Å². The van der Waals surface area contributed by atoms with Crippen LogP contribution in [-0.2, 0) is 9.53 Å². The van der Waals surface area contributed by atoms with Crippen molar-refractivity contribution in [1.82, 2.24) is 5.32 Å². The highest BCUT2D eigenvalue weighted by molar-refractivity contribution is 5.80. The molecule has 0 aromatic carbocycles. The van der Waals surface area contributed by atoms with Crippen LogP contribution >= 0.6 is 0 Å². The number of hydrogen-bond acceptors (Lipinski definition) is 3. The van der Waals surface area contributed by atoms with Gasteiger partial charge in [0.15, 0.2) is 0 Å². The summed E-state index contributed by atoms with van der Waals surface area (Å²) >= 11 is 0. The third kappa shape index (κ3) is 2.69. The molecule has 1 N–H and O–H groups in total. The second-order valence-corrected chi connectivity index (χ2v) is 4.69. The van der Waals surface area contributed by atoms with E-state index in [2.05, 4.69) is 19.2 Å². The average molecular weight is 185 g/mol. The predicted octanol–water partition coefficient (Wildman–Crippen LogP) is 1.33. The summed E-state index contributed by atoms with van der Waals surface area (Å²) in [6.07, 6.45) is 1.05. The Labute approximate surface area is 79.8 Å². The smallest absolute Gasteiger partial charge is 0.325 e. The molecule has 3 heteroatoms. The molecule has 0 unspecified atom stereocenters. The van der Waals surface area contributed by atoms with Crippen molar-refractivity contribution in [1.29, 1.82) is 0 Å². The Morgan fingerprint density at radius 3 is 2.69 bits per heavy atom. The van der Waals surface area contributed by atoms with Crippen LogP contribution in [0.2, 0.25) is 0 Å². The summed E-state index contributed by atoms with van der Waals surface area (Å²) in [5, 5.41) is 3.30. The standard InChI is InChI=1S/C10H19NO2/c1-7(2)5-8-6-13-9(12)10(3,4)11-8/h7-8,11H,5-6H2,1-4H3/t8-/m0/s1. The lowest BCUT2D eigenvalue weighted by atomic mass is 9.97. The Hall–Kier alpha value is -0.570. The molecular formula is C10H19NO2. The minimum Gasteiger partial charge on any atom is -0.463 e. The van der Waals surface area contributed by atoms with Gasteiger partial charge in [-0.25, -0.2) is 0 Å². The van der Waals surface area contributed by atoms with Crippen molar-refractivity contribution < 1.29 is 9.53 Å². The molecular weight excluding hydrogens is 166 g/mol. The molecule has 13 heavy (non-hydrogen) atoms. The topological polar surface area (TPSA) is 38.3 Å². The van der Waals surface area contributed by atoms with Crippen LogP contribution < -0.4 is 5.32 Å². The molecule has 0 saturated carbocycles. The quantitative estimate of drug-likeness (QED) is 0.659. The van der Waals surface area contributed by atoms with Gasteiger partial charge in [0.1, 0.15) is 12.1 Å². The van der Waals surface area contributed by atoms with Gasteiger partial charge in [-0.05, 0) is 26.2 Å². The maximum absolute atomic E-state index is 11.3. The van der Waals surface area contributed by atoms with Crippen LogP contribution in [0.25, 0.3) is 0 Å². The summed E-state index contributed by atoms with van der Waals surface area (Å²) in [7, 11) is 0. The fourth-order valence-electron chi connectivity index (χ4n) is 1.66. The molecule has 76 valence electrons. The van der Waals surface area contributed by atoms with Gasteiger partial charge >= 0.3 is 5.97 Å². The van der Waals surface area contributed by atoms with Crippen molar-refractivity contribution in [3.63, 3.8) is 0 Å². The van der Waals surface area contributed by atoms with Crippen molar-refractivity contribution in [3.05, 3.63) is 0 Å². The number of morpholine rings is 1. The number of carbonyl (C=O) groups is 1. The molecule has 0 amide bonds. The average Bonchev–Trinajstić information content (AvgIpc) is 1.95. The lowest BCUT2D eigenvalue weighted by molar-refractivity contribution is -0.157. The highest BCUT2D eigenvalue weighted by Crippen LogP contribution is 2.16. The van der Waals surface area contributed by atoms with E-state index in [0.29, 0.717) is 18.6 Å². The number of rotatable bonds is 2. The molecule has 1 aliphatic rings. The fourth-order valence-corrected chi connectivity index (χ4v) is 1.66. The van der Waals surface area contributed by atoms with E-state index in [-0.39, 0.29) is 5.97 Å². The van der Waals surface area contributed by atoms with Crippen molar-refractivity contribution in [2.45, 2.75) is 45.7 Å². The summed E-state index contributed by atoms with van der Waals surface area (Å²) in [5.41, 5.74) is -0.516. The number of esters is 1. The Morgan fingerprint density at radius 2 is 2.23 bits per heavy atom. The largest absolute Gasteiger partial charge is 0.463 e. The van der Waals surface area contributed by atoms with Gasteiger partial charge in [-0.3, -0.25) is 10.1 Å². The first kappa shape index (κ1) is 10.5. The molecule has 0 spiro atoms. The van der Waals surface area contributed by atoms with Gasteiger partial charge in [-0.2, -0.15) is 0 Å². The summed E-state index contributed by atoms with van der Waals surface area (Å²) in [6, 6.07) is 0.313. The van der Waals surface area contributed by atoms with Gasteiger partial charge in [-0.15, -0.1) is 0 Å². The fraction of sp³-hybridized carbons (Fsp3) is 0.900. The van der Waals surface area contributed by atoms with Crippen LogP contribution in [0.1, 0.15) is 34.1 Å². The number of cyclic esters (lactones) is 1. The van der Waals surface area contributed by atoms with E-state index in [9.17, 15) is 4.79 Å². The molecule has 0 radical (unpaired) electrons. The SMILES string of the molecule is CC(C)C[C@H]1COC(=O)C(C)(C)N1. The van der Waals surface area contributed by atoms with E-state index in [1.54, 1.807) is 0 Å². The van der Waals surface area contributed by atoms with Crippen LogP contribution in [-0.4, -0.2) is 24.2 Å². The lowest BCUT2D eigenvalue weighted by Crippen LogP contribution is -2.58. The first-order valence-corrected chi connectivity index (χ1v) is 4.87. The highest BCUT2D eigenvalue weighted by atomic mass is 16.5. The van der Waals surface area contributed by atoms with E-state index in [4.69, 9.17) is 4.74 Å². The van der Waals surface area contributed by atoms with Crippen molar-refractivity contribution in [2.75, 3.05) is 6.61 Å². The van der Waals surface area contributed by atoms with Gasteiger partial charge < -0.3 is 4.74 Å². The molecule has 1 fully saturated rings. The highest BCUT2D eigenvalue weighted by Gasteiger charge is 2.36. The third-order valence-corrected chi connectivity index (χ3v) is 2.25. The maximum Gasteiger partial charge on any atom is 0.325 e. The molecule has 1 saturated heterocycles. The van der Waals surface area contributed by atoms with Crippen molar-refractivity contribution >= 4 is 5.97 Å². The Kier molecular flexibility index (Phi) is 2.96. The second kappa shape index (κ2) is 3.66. The zero-order valence-corrected chi connectivity index (χ0v) is 8.89. The van der Waals surface area contributed by atoms with Crippen LogP contribution in [0.3, 0.4) is 0 Å². The van der Waals surface area contributed by atoms with E-state index in [1.807, 2.05) is 13.8 Å². The summed E-state index contributed by atoms with van der Waals surface area (Å²) in [5.74, 6) is 0.484. The summed E-state index contributed by atoms with van der Waals surface area (Å²) in [6.45, 7) is 8.58. The molecule has 1 rings (SSSR count). The van der Waals surface area contributed by atoms with E-state index >= 15 is 0 Å². The number of carbonyl (C=O) groups excluding carboxylic acids is 1. The minimum atomic E-state index is -0.516. The van der Waals surface area contributed by atoms with Gasteiger partial charge in [0.05, 0.1) is 0 Å². The minimum absolute atomic E-state index is 0.146. The van der Waals surface area contributed by atoms with Crippen LogP contribution in [0.5, 0.6) is 0 Å². The summed E-state index contributed by atoms with van der Waals surface area (Å²) in [4.78, 5) is 11.3. The van der Waals surface area contributed by atoms with Crippen LogP contribution in [0, 0.1) is 5.92 Å². The zero-order valence-electron chi connectivity index (χ0n) is 8.89. The molecule has 0 aromatic heterocycles. The maximum atomic E-state index is 11.3. The van der Waals surface area contributed by atoms with Crippen molar-refractivity contribution in [2.24, 2.45) is 5.92 Å². The number of nitrogens with one attached hydrogen (secondary N) is 1. The molecule has 3 nitrogen and oxygen atoms in total. The molecule has 0 aliphatic carbocycles. The predicted molar refractivity (Wildman–Crippen MR) is 51.4 cm³/mol. The number of hydrogen-bond donors (Lipinski definition) is 1.